The van der Waals surface area contributed by atoms with Gasteiger partial charge in [0.15, 0.2) is 5.78 Å². The Kier molecular flexibility index (Phi) is 6.71. The van der Waals surface area contributed by atoms with E-state index in [9.17, 15) is 4.79 Å². The first-order valence-electron chi connectivity index (χ1n) is 10.4. The maximum atomic E-state index is 13.4. The standard InChI is InChI=1S/C26H24N2O3S/c1-4-30-22-8-6-5-7-21(22)25-27-28-26(31-25)32-24(20-15-11-18(3)12-16-20)23(29)19-13-9-17(2)10-14-19/h5-16,24H,4H2,1-3H3. The van der Waals surface area contributed by atoms with Gasteiger partial charge >= 0.3 is 0 Å². The van der Waals surface area contributed by atoms with Gasteiger partial charge in [-0.05, 0) is 50.2 Å². The number of nitrogens with zero attached hydrogens (tertiary/aromatic N) is 2. The van der Waals surface area contributed by atoms with E-state index >= 15 is 0 Å². The second kappa shape index (κ2) is 9.83. The van der Waals surface area contributed by atoms with Gasteiger partial charge in [-0.2, -0.15) is 0 Å². The zero-order valence-corrected chi connectivity index (χ0v) is 19.1. The molecule has 0 amide bonds. The van der Waals surface area contributed by atoms with Gasteiger partial charge < -0.3 is 9.15 Å². The number of benzene rings is 3. The first kappa shape index (κ1) is 21.8. The van der Waals surface area contributed by atoms with Crippen molar-refractivity contribution in [1.29, 1.82) is 0 Å². The minimum absolute atomic E-state index is 0.00619. The number of para-hydroxylation sites is 1. The first-order chi connectivity index (χ1) is 15.5. The van der Waals surface area contributed by atoms with Crippen LogP contribution in [0.3, 0.4) is 0 Å². The second-order valence-corrected chi connectivity index (χ2v) is 8.50. The van der Waals surface area contributed by atoms with E-state index in [1.165, 1.54) is 11.8 Å². The van der Waals surface area contributed by atoms with Crippen molar-refractivity contribution in [3.8, 4) is 17.2 Å². The van der Waals surface area contributed by atoms with Crippen LogP contribution in [0.1, 0.15) is 39.2 Å². The van der Waals surface area contributed by atoms with Crippen molar-refractivity contribution in [2.75, 3.05) is 6.61 Å². The molecule has 4 rings (SSSR count). The number of aryl methyl sites for hydroxylation is 2. The molecule has 1 aromatic heterocycles. The van der Waals surface area contributed by atoms with Crippen LogP contribution in [0.2, 0.25) is 0 Å². The van der Waals surface area contributed by atoms with E-state index < -0.39 is 5.25 Å². The molecule has 6 heteroatoms. The molecule has 0 aliphatic carbocycles. The summed E-state index contributed by atoms with van der Waals surface area (Å²) in [7, 11) is 0. The average Bonchev–Trinajstić information content (AvgIpc) is 3.27. The average molecular weight is 445 g/mol. The highest BCUT2D eigenvalue weighted by Crippen LogP contribution is 2.39. The third-order valence-corrected chi connectivity index (χ3v) is 6.09. The smallest absolute Gasteiger partial charge is 0.277 e. The van der Waals surface area contributed by atoms with Crippen LogP contribution in [0.4, 0.5) is 0 Å². The molecular formula is C26H24N2O3S. The Bertz CT molecular complexity index is 1200. The fourth-order valence-electron chi connectivity index (χ4n) is 3.28. The van der Waals surface area contributed by atoms with Gasteiger partial charge in [-0.1, -0.05) is 71.8 Å². The Hall–Kier alpha value is -3.38. The largest absolute Gasteiger partial charge is 0.493 e. The van der Waals surface area contributed by atoms with E-state index in [4.69, 9.17) is 9.15 Å². The lowest BCUT2D eigenvalue weighted by Gasteiger charge is -2.14. The number of aromatic nitrogens is 2. The number of hydrogen-bond donors (Lipinski definition) is 0. The molecule has 5 nitrogen and oxygen atoms in total. The summed E-state index contributed by atoms with van der Waals surface area (Å²) in [5.41, 5.74) is 4.50. The van der Waals surface area contributed by atoms with E-state index in [0.717, 1.165) is 22.3 Å². The van der Waals surface area contributed by atoms with Crippen LogP contribution >= 0.6 is 11.8 Å². The summed E-state index contributed by atoms with van der Waals surface area (Å²) in [6.45, 7) is 6.48. The molecule has 1 unspecified atom stereocenters. The third-order valence-electron chi connectivity index (χ3n) is 5.00. The van der Waals surface area contributed by atoms with Gasteiger partial charge in [0.25, 0.3) is 11.1 Å². The Morgan fingerprint density at radius 3 is 2.28 bits per heavy atom. The summed E-state index contributed by atoms with van der Waals surface area (Å²) in [6.07, 6.45) is 0. The van der Waals surface area contributed by atoms with Crippen molar-refractivity contribution in [2.24, 2.45) is 0 Å². The van der Waals surface area contributed by atoms with Crippen LogP contribution in [-0.2, 0) is 0 Å². The molecule has 0 spiro atoms. The van der Waals surface area contributed by atoms with Gasteiger partial charge in [0, 0.05) is 5.56 Å². The first-order valence-corrected chi connectivity index (χ1v) is 11.3. The molecule has 4 aromatic rings. The highest BCUT2D eigenvalue weighted by Gasteiger charge is 2.26. The number of carbonyl (C=O) groups is 1. The minimum Gasteiger partial charge on any atom is -0.493 e. The van der Waals surface area contributed by atoms with Crippen molar-refractivity contribution < 1.29 is 13.9 Å². The SMILES string of the molecule is CCOc1ccccc1-c1nnc(SC(C(=O)c2ccc(C)cc2)c2ccc(C)cc2)o1. The molecule has 0 saturated carbocycles. The second-order valence-electron chi connectivity index (χ2n) is 7.44. The summed E-state index contributed by atoms with van der Waals surface area (Å²) in [4.78, 5) is 13.4. The van der Waals surface area contributed by atoms with Gasteiger partial charge in [0.2, 0.25) is 0 Å². The lowest BCUT2D eigenvalue weighted by molar-refractivity contribution is 0.0989. The van der Waals surface area contributed by atoms with Crippen molar-refractivity contribution >= 4 is 17.5 Å². The zero-order valence-electron chi connectivity index (χ0n) is 18.2. The molecule has 1 atom stereocenters. The Morgan fingerprint density at radius 1 is 0.938 bits per heavy atom. The normalized spacial score (nSPS) is 11.8. The van der Waals surface area contributed by atoms with Gasteiger partial charge in [-0.15, -0.1) is 10.2 Å². The highest BCUT2D eigenvalue weighted by atomic mass is 32.2. The van der Waals surface area contributed by atoms with Crippen molar-refractivity contribution in [3.05, 3.63) is 95.1 Å². The molecule has 0 saturated heterocycles. The van der Waals surface area contributed by atoms with Crippen LogP contribution < -0.4 is 4.74 Å². The zero-order chi connectivity index (χ0) is 22.5. The highest BCUT2D eigenvalue weighted by molar-refractivity contribution is 8.00. The maximum Gasteiger partial charge on any atom is 0.277 e. The fraction of sp³-hybridized carbons (Fsp3) is 0.192. The van der Waals surface area contributed by atoms with E-state index in [-0.39, 0.29) is 5.78 Å². The van der Waals surface area contributed by atoms with Crippen LogP contribution in [0, 0.1) is 13.8 Å². The van der Waals surface area contributed by atoms with Crippen LogP contribution in [0.15, 0.2) is 82.4 Å². The third kappa shape index (κ3) is 4.92. The minimum atomic E-state index is -0.506. The molecule has 0 N–H and O–H groups in total. The monoisotopic (exact) mass is 444 g/mol. The number of ether oxygens (including phenoxy) is 1. The van der Waals surface area contributed by atoms with Crippen molar-refractivity contribution in [3.63, 3.8) is 0 Å². The van der Waals surface area contributed by atoms with E-state index in [2.05, 4.69) is 10.2 Å². The number of carbonyl (C=O) groups excluding carboxylic acids is 1. The summed E-state index contributed by atoms with van der Waals surface area (Å²) in [6, 6.07) is 23.1. The predicted octanol–water partition coefficient (Wildman–Crippen LogP) is 6.47. The molecule has 162 valence electrons. The molecule has 32 heavy (non-hydrogen) atoms. The number of rotatable bonds is 8. The number of ketones is 1. The van der Waals surface area contributed by atoms with Crippen LogP contribution in [-0.4, -0.2) is 22.6 Å². The summed E-state index contributed by atoms with van der Waals surface area (Å²) in [5, 5.41) is 8.24. The van der Waals surface area contributed by atoms with Gasteiger partial charge in [0.05, 0.1) is 12.2 Å². The quantitative estimate of drug-likeness (QED) is 0.229. The Morgan fingerprint density at radius 2 is 1.59 bits per heavy atom. The van der Waals surface area contributed by atoms with Gasteiger partial charge in [-0.25, -0.2) is 0 Å². The van der Waals surface area contributed by atoms with Gasteiger partial charge in [-0.3, -0.25) is 4.79 Å². The molecule has 0 aliphatic rings. The molecule has 0 fully saturated rings. The number of thioether (sulfide) groups is 1. The van der Waals surface area contributed by atoms with Crippen molar-refractivity contribution in [1.82, 2.24) is 10.2 Å². The lowest BCUT2D eigenvalue weighted by atomic mass is 10.0. The number of Topliss-reactive ketones (excluding diaryl/α,β-unsaturated/α-hetero) is 1. The summed E-state index contributed by atoms with van der Waals surface area (Å²) >= 11 is 1.26. The molecule has 0 aliphatic heterocycles. The topological polar surface area (TPSA) is 65.2 Å². The molecule has 0 radical (unpaired) electrons. The molecule has 0 bridgehead atoms. The molecule has 3 aromatic carbocycles. The Labute approximate surface area is 191 Å². The van der Waals surface area contributed by atoms with Crippen molar-refractivity contribution in [2.45, 2.75) is 31.2 Å². The lowest BCUT2D eigenvalue weighted by Crippen LogP contribution is -2.10. The van der Waals surface area contributed by atoms with Gasteiger partial charge in [0.1, 0.15) is 11.0 Å². The Balaban J connectivity index is 1.65. The fourth-order valence-corrected chi connectivity index (χ4v) is 4.23. The number of hydrogen-bond acceptors (Lipinski definition) is 6. The summed E-state index contributed by atoms with van der Waals surface area (Å²) < 4.78 is 11.6. The van der Waals surface area contributed by atoms with Crippen LogP contribution in [0.25, 0.3) is 11.5 Å². The van der Waals surface area contributed by atoms with Crippen LogP contribution in [0.5, 0.6) is 5.75 Å². The van der Waals surface area contributed by atoms with E-state index in [0.29, 0.717) is 29.0 Å². The van der Waals surface area contributed by atoms with E-state index in [1.54, 1.807) is 0 Å². The molecular weight excluding hydrogens is 420 g/mol. The summed E-state index contributed by atoms with van der Waals surface area (Å²) in [5.74, 6) is 1.04. The molecule has 1 heterocycles. The maximum absolute atomic E-state index is 13.4. The predicted molar refractivity (Wildman–Crippen MR) is 126 cm³/mol. The van der Waals surface area contributed by atoms with E-state index in [1.807, 2.05) is 93.6 Å².